The molecule has 0 saturated carbocycles. The molecule has 0 saturated heterocycles. The second kappa shape index (κ2) is 8.75. The van der Waals surface area contributed by atoms with Crippen LogP contribution in [-0.2, 0) is 6.54 Å². The first kappa shape index (κ1) is 19.0. The van der Waals surface area contributed by atoms with Crippen LogP contribution in [0, 0.1) is 0 Å². The molecule has 8 heteroatoms. The number of hydrogen-bond donors (Lipinski definition) is 2. The minimum absolute atomic E-state index is 0.430. The maximum absolute atomic E-state index is 5.91. The Kier molecular flexibility index (Phi) is 6.16. The fourth-order valence-corrected chi connectivity index (χ4v) is 2.83. The number of aromatic nitrogens is 2. The molecule has 0 amide bonds. The predicted octanol–water partition coefficient (Wildman–Crippen LogP) is 4.41. The van der Waals surface area contributed by atoms with Crippen molar-refractivity contribution >= 4 is 40.4 Å². The molecule has 1 heterocycles. The lowest BCUT2D eigenvalue weighted by Gasteiger charge is -2.12. The standard InChI is InChI=1S/C19H19ClN4O2S/c1-25-16-8-7-15(11-17(16)26-2)21-19(27)22-18-9-10-24(23-18)12-13-3-5-14(20)6-4-13/h3-11H,12H2,1-2H3,(H2,21,22,23,27). The van der Waals surface area contributed by atoms with Crippen LogP contribution in [0.2, 0.25) is 5.02 Å². The molecule has 2 aromatic carbocycles. The molecule has 3 rings (SSSR count). The maximum atomic E-state index is 5.91. The number of nitrogens with one attached hydrogen (secondary N) is 2. The Hall–Kier alpha value is -2.77. The number of anilines is 2. The van der Waals surface area contributed by atoms with Gasteiger partial charge in [0.1, 0.15) is 0 Å². The lowest BCUT2D eigenvalue weighted by Crippen LogP contribution is -2.19. The van der Waals surface area contributed by atoms with Crippen LogP contribution < -0.4 is 20.1 Å². The smallest absolute Gasteiger partial charge is 0.176 e. The van der Waals surface area contributed by atoms with Crippen LogP contribution in [0.4, 0.5) is 11.5 Å². The van der Waals surface area contributed by atoms with Crippen molar-refractivity contribution in [1.29, 1.82) is 0 Å². The molecule has 0 fully saturated rings. The molecule has 140 valence electrons. The van der Waals surface area contributed by atoms with Crippen LogP contribution in [0.25, 0.3) is 0 Å². The predicted molar refractivity (Wildman–Crippen MR) is 112 cm³/mol. The molecule has 0 radical (unpaired) electrons. The van der Waals surface area contributed by atoms with Crippen LogP contribution >= 0.6 is 23.8 Å². The van der Waals surface area contributed by atoms with Crippen molar-refractivity contribution in [1.82, 2.24) is 9.78 Å². The van der Waals surface area contributed by atoms with Crippen molar-refractivity contribution in [2.45, 2.75) is 6.54 Å². The number of methoxy groups -OCH3 is 2. The molecule has 0 unspecified atom stereocenters. The van der Waals surface area contributed by atoms with Gasteiger partial charge in [0, 0.05) is 29.0 Å². The maximum Gasteiger partial charge on any atom is 0.176 e. The van der Waals surface area contributed by atoms with Crippen molar-refractivity contribution in [3.63, 3.8) is 0 Å². The zero-order valence-electron chi connectivity index (χ0n) is 14.9. The third-order valence-electron chi connectivity index (χ3n) is 3.78. The lowest BCUT2D eigenvalue weighted by atomic mass is 10.2. The van der Waals surface area contributed by atoms with E-state index in [1.165, 1.54) is 0 Å². The quantitative estimate of drug-likeness (QED) is 0.595. The third-order valence-corrected chi connectivity index (χ3v) is 4.24. The lowest BCUT2D eigenvalue weighted by molar-refractivity contribution is 0.355. The summed E-state index contributed by atoms with van der Waals surface area (Å²) in [4.78, 5) is 0. The first-order valence-electron chi connectivity index (χ1n) is 8.15. The molecule has 3 aromatic rings. The molecule has 2 N–H and O–H groups in total. The molecule has 0 aliphatic carbocycles. The number of hydrogen-bond acceptors (Lipinski definition) is 4. The third kappa shape index (κ3) is 5.12. The van der Waals surface area contributed by atoms with Gasteiger partial charge in [-0.15, -0.1) is 0 Å². The summed E-state index contributed by atoms with van der Waals surface area (Å²) >= 11 is 11.3. The Morgan fingerprint density at radius 1 is 1.04 bits per heavy atom. The van der Waals surface area contributed by atoms with Crippen molar-refractivity contribution < 1.29 is 9.47 Å². The molecule has 0 bridgehead atoms. The summed E-state index contributed by atoms with van der Waals surface area (Å²) in [5, 5.41) is 11.8. The van der Waals surface area contributed by atoms with Crippen LogP contribution in [0.1, 0.15) is 5.56 Å². The van der Waals surface area contributed by atoms with Gasteiger partial charge in [-0.3, -0.25) is 4.68 Å². The Bertz CT molecular complexity index is 928. The van der Waals surface area contributed by atoms with E-state index in [1.807, 2.05) is 59.4 Å². The highest BCUT2D eigenvalue weighted by Gasteiger charge is 2.07. The number of halogens is 1. The van der Waals surface area contributed by atoms with Crippen molar-refractivity contribution in [3.8, 4) is 11.5 Å². The molecule has 0 aliphatic rings. The van der Waals surface area contributed by atoms with E-state index in [0.29, 0.717) is 34.0 Å². The summed E-state index contributed by atoms with van der Waals surface area (Å²) in [6.07, 6.45) is 1.88. The highest BCUT2D eigenvalue weighted by atomic mass is 35.5. The Morgan fingerprint density at radius 2 is 1.78 bits per heavy atom. The highest BCUT2D eigenvalue weighted by molar-refractivity contribution is 7.80. The number of ether oxygens (including phenoxy) is 2. The minimum atomic E-state index is 0.430. The molecule has 27 heavy (non-hydrogen) atoms. The van der Waals surface area contributed by atoms with Crippen molar-refractivity contribution in [2.24, 2.45) is 0 Å². The molecular formula is C19H19ClN4O2S. The zero-order chi connectivity index (χ0) is 19.2. The second-order valence-electron chi connectivity index (χ2n) is 5.67. The van der Waals surface area contributed by atoms with Gasteiger partial charge in [-0.25, -0.2) is 0 Å². The first-order chi connectivity index (χ1) is 13.1. The SMILES string of the molecule is COc1ccc(NC(=S)Nc2ccn(Cc3ccc(Cl)cc3)n2)cc1OC. The van der Waals surface area contributed by atoms with Gasteiger partial charge in [0.15, 0.2) is 22.4 Å². The average Bonchev–Trinajstić information content (AvgIpc) is 3.10. The highest BCUT2D eigenvalue weighted by Crippen LogP contribution is 2.29. The number of rotatable bonds is 6. The van der Waals surface area contributed by atoms with Crippen LogP contribution in [0.3, 0.4) is 0 Å². The van der Waals surface area contributed by atoms with Crippen LogP contribution in [0.15, 0.2) is 54.7 Å². The number of nitrogens with zero attached hydrogens (tertiary/aromatic N) is 2. The number of benzene rings is 2. The summed E-state index contributed by atoms with van der Waals surface area (Å²) in [7, 11) is 3.18. The first-order valence-corrected chi connectivity index (χ1v) is 8.94. The summed E-state index contributed by atoms with van der Waals surface area (Å²) in [5.74, 6) is 1.93. The molecule has 0 aliphatic heterocycles. The summed E-state index contributed by atoms with van der Waals surface area (Å²) in [6.45, 7) is 0.648. The van der Waals surface area contributed by atoms with E-state index in [2.05, 4.69) is 15.7 Å². The van der Waals surface area contributed by atoms with Gasteiger partial charge in [0.05, 0.1) is 20.8 Å². The van der Waals surface area contributed by atoms with Crippen LogP contribution in [-0.4, -0.2) is 29.1 Å². The van der Waals surface area contributed by atoms with E-state index in [1.54, 1.807) is 14.2 Å². The normalized spacial score (nSPS) is 10.3. The van der Waals surface area contributed by atoms with Gasteiger partial charge >= 0.3 is 0 Å². The monoisotopic (exact) mass is 402 g/mol. The Labute approximate surface area is 168 Å². The molecule has 1 aromatic heterocycles. The van der Waals surface area contributed by atoms with E-state index in [0.717, 1.165) is 11.3 Å². The molecule has 6 nitrogen and oxygen atoms in total. The Balaban J connectivity index is 1.60. The van der Waals surface area contributed by atoms with Gasteiger partial charge in [-0.1, -0.05) is 23.7 Å². The minimum Gasteiger partial charge on any atom is -0.493 e. The fourth-order valence-electron chi connectivity index (χ4n) is 2.49. The average molecular weight is 403 g/mol. The van der Waals surface area contributed by atoms with Gasteiger partial charge in [-0.2, -0.15) is 5.10 Å². The van der Waals surface area contributed by atoms with E-state index in [9.17, 15) is 0 Å². The molecular weight excluding hydrogens is 384 g/mol. The van der Waals surface area contributed by atoms with E-state index in [-0.39, 0.29) is 0 Å². The van der Waals surface area contributed by atoms with E-state index < -0.39 is 0 Å². The van der Waals surface area contributed by atoms with E-state index >= 15 is 0 Å². The molecule has 0 spiro atoms. The Morgan fingerprint density at radius 3 is 2.48 bits per heavy atom. The van der Waals surface area contributed by atoms with Gasteiger partial charge in [0.2, 0.25) is 0 Å². The fraction of sp³-hybridized carbons (Fsp3) is 0.158. The zero-order valence-corrected chi connectivity index (χ0v) is 16.5. The van der Waals surface area contributed by atoms with Gasteiger partial charge in [0.25, 0.3) is 0 Å². The second-order valence-corrected chi connectivity index (χ2v) is 6.52. The van der Waals surface area contributed by atoms with Gasteiger partial charge in [-0.05, 0) is 42.0 Å². The topological polar surface area (TPSA) is 60.3 Å². The van der Waals surface area contributed by atoms with E-state index in [4.69, 9.17) is 33.3 Å². The van der Waals surface area contributed by atoms with Gasteiger partial charge < -0.3 is 20.1 Å². The number of thiocarbonyl (C=S) groups is 1. The van der Waals surface area contributed by atoms with Crippen LogP contribution in [0.5, 0.6) is 11.5 Å². The van der Waals surface area contributed by atoms with Crippen molar-refractivity contribution in [2.75, 3.05) is 24.9 Å². The largest absolute Gasteiger partial charge is 0.493 e. The summed E-state index contributed by atoms with van der Waals surface area (Å²) in [5.41, 5.74) is 1.89. The van der Waals surface area contributed by atoms with Crippen molar-refractivity contribution in [3.05, 3.63) is 65.3 Å². The molecule has 0 atom stereocenters. The summed E-state index contributed by atoms with van der Waals surface area (Å²) in [6, 6.07) is 15.0. The summed E-state index contributed by atoms with van der Waals surface area (Å²) < 4.78 is 12.3.